The van der Waals surface area contributed by atoms with Gasteiger partial charge in [0, 0.05) is 11.3 Å². The van der Waals surface area contributed by atoms with Crippen LogP contribution >= 0.6 is 0 Å². The summed E-state index contributed by atoms with van der Waals surface area (Å²) < 4.78 is 5.22. The highest BCUT2D eigenvalue weighted by Gasteiger charge is 2.51. The maximum absolute atomic E-state index is 13.1. The predicted molar refractivity (Wildman–Crippen MR) is 98.8 cm³/mol. The molecule has 136 valence electrons. The Morgan fingerprint density at radius 1 is 1.07 bits per heavy atom. The van der Waals surface area contributed by atoms with E-state index in [-0.39, 0.29) is 12.1 Å². The summed E-state index contributed by atoms with van der Waals surface area (Å²) in [5.74, 6) is -0.197. The van der Waals surface area contributed by atoms with Gasteiger partial charge in [-0.3, -0.25) is 9.69 Å². The van der Waals surface area contributed by atoms with Crippen LogP contribution in [0.15, 0.2) is 77.4 Å². The van der Waals surface area contributed by atoms with E-state index in [9.17, 15) is 14.7 Å². The van der Waals surface area contributed by atoms with Crippen molar-refractivity contribution in [2.75, 3.05) is 10.2 Å². The molecule has 0 unspecified atom stereocenters. The highest BCUT2D eigenvalue weighted by molar-refractivity contribution is 6.11. The number of para-hydroxylation sites is 2. The van der Waals surface area contributed by atoms with Gasteiger partial charge in [-0.1, -0.05) is 36.4 Å². The summed E-state index contributed by atoms with van der Waals surface area (Å²) in [5.41, 5.74) is -1.16. The minimum atomic E-state index is -2.22. The Morgan fingerprint density at radius 2 is 1.81 bits per heavy atom. The number of carbonyl (C=O) groups is 2. The van der Waals surface area contributed by atoms with Gasteiger partial charge in [0.1, 0.15) is 5.76 Å². The molecular formula is C20H17N3O4. The lowest BCUT2D eigenvalue weighted by Crippen LogP contribution is -2.62. The number of nitrogens with one attached hydrogen (secondary N) is 2. The fraction of sp³-hybridized carbons (Fsp3) is 0.100. The lowest BCUT2D eigenvalue weighted by atomic mass is 9.95. The van der Waals surface area contributed by atoms with Crippen molar-refractivity contribution in [2.45, 2.75) is 12.3 Å². The summed E-state index contributed by atoms with van der Waals surface area (Å²) in [6, 6.07) is 18.0. The zero-order chi connectivity index (χ0) is 18.9. The molecule has 3 aromatic rings. The van der Waals surface area contributed by atoms with Crippen molar-refractivity contribution in [1.82, 2.24) is 5.32 Å². The Bertz CT molecular complexity index is 972. The normalized spacial score (nSPS) is 18.6. The van der Waals surface area contributed by atoms with Crippen LogP contribution in [-0.2, 0) is 17.1 Å². The van der Waals surface area contributed by atoms with Gasteiger partial charge in [0.25, 0.3) is 11.6 Å². The van der Waals surface area contributed by atoms with Crippen LogP contribution in [0, 0.1) is 0 Å². The van der Waals surface area contributed by atoms with Crippen molar-refractivity contribution in [2.24, 2.45) is 0 Å². The van der Waals surface area contributed by atoms with E-state index in [1.807, 2.05) is 0 Å². The van der Waals surface area contributed by atoms with Crippen molar-refractivity contribution in [3.63, 3.8) is 0 Å². The number of benzene rings is 2. The molecule has 7 heteroatoms. The molecule has 4 rings (SSSR count). The molecule has 1 aliphatic rings. The standard InChI is InChI=1S/C20H17N3O4/c24-18(21-13-15-9-6-12-27-15)20(26)16-10-4-5-11-17(16)22-19(25)23(20)14-7-2-1-3-8-14/h1-12,26H,13H2,(H,21,24)(H,22,25)/t20-/m1/s1. The molecule has 1 aliphatic heterocycles. The number of aliphatic hydroxyl groups is 1. The molecular weight excluding hydrogens is 346 g/mol. The number of urea groups is 1. The van der Waals surface area contributed by atoms with E-state index in [1.54, 1.807) is 66.7 Å². The molecule has 3 N–H and O–H groups in total. The van der Waals surface area contributed by atoms with E-state index < -0.39 is 17.7 Å². The number of rotatable bonds is 4. The van der Waals surface area contributed by atoms with Crippen LogP contribution in [0.4, 0.5) is 16.2 Å². The summed E-state index contributed by atoms with van der Waals surface area (Å²) in [5, 5.41) is 16.9. The molecule has 0 radical (unpaired) electrons. The third-order valence-corrected chi connectivity index (χ3v) is 4.41. The van der Waals surface area contributed by atoms with Gasteiger partial charge in [-0.05, 0) is 30.3 Å². The molecule has 0 saturated heterocycles. The fourth-order valence-electron chi connectivity index (χ4n) is 3.14. The monoisotopic (exact) mass is 363 g/mol. The van der Waals surface area contributed by atoms with Crippen LogP contribution in [-0.4, -0.2) is 17.0 Å². The third-order valence-electron chi connectivity index (χ3n) is 4.41. The minimum Gasteiger partial charge on any atom is -0.467 e. The first kappa shape index (κ1) is 16.9. The number of anilines is 2. The second kappa shape index (κ2) is 6.62. The first-order valence-electron chi connectivity index (χ1n) is 8.39. The van der Waals surface area contributed by atoms with E-state index in [4.69, 9.17) is 4.42 Å². The molecule has 0 aliphatic carbocycles. The summed E-state index contributed by atoms with van der Waals surface area (Å²) in [7, 11) is 0. The highest BCUT2D eigenvalue weighted by Crippen LogP contribution is 2.39. The molecule has 2 heterocycles. The van der Waals surface area contributed by atoms with Crippen LogP contribution in [0.1, 0.15) is 11.3 Å². The van der Waals surface area contributed by atoms with E-state index in [2.05, 4.69) is 10.6 Å². The first-order chi connectivity index (χ1) is 13.1. The number of fused-ring (bicyclic) bond motifs is 1. The van der Waals surface area contributed by atoms with Gasteiger partial charge in [-0.25, -0.2) is 4.79 Å². The van der Waals surface area contributed by atoms with Crippen molar-refractivity contribution in [3.8, 4) is 0 Å². The van der Waals surface area contributed by atoms with Gasteiger partial charge in [0.2, 0.25) is 0 Å². The van der Waals surface area contributed by atoms with Crippen molar-refractivity contribution < 1.29 is 19.1 Å². The summed E-state index contributed by atoms with van der Waals surface area (Å²) in [6.45, 7) is 0.0839. The summed E-state index contributed by atoms with van der Waals surface area (Å²) in [6.07, 6.45) is 1.50. The van der Waals surface area contributed by atoms with Crippen LogP contribution in [0.2, 0.25) is 0 Å². The fourth-order valence-corrected chi connectivity index (χ4v) is 3.14. The minimum absolute atomic E-state index is 0.0839. The van der Waals surface area contributed by atoms with Crippen molar-refractivity contribution in [3.05, 3.63) is 84.3 Å². The molecule has 0 spiro atoms. The maximum atomic E-state index is 13.1. The van der Waals surface area contributed by atoms with Crippen LogP contribution < -0.4 is 15.5 Å². The number of nitrogens with zero attached hydrogens (tertiary/aromatic N) is 1. The first-order valence-corrected chi connectivity index (χ1v) is 8.39. The van der Waals surface area contributed by atoms with Gasteiger partial charge in [-0.2, -0.15) is 0 Å². The molecule has 1 aromatic heterocycles. The number of furan rings is 1. The number of hydrogen-bond donors (Lipinski definition) is 3. The highest BCUT2D eigenvalue weighted by atomic mass is 16.3. The average Bonchev–Trinajstić information content (AvgIpc) is 3.20. The predicted octanol–water partition coefficient (Wildman–Crippen LogP) is 2.79. The van der Waals surface area contributed by atoms with Gasteiger partial charge in [0.15, 0.2) is 0 Å². The molecule has 0 bridgehead atoms. The zero-order valence-electron chi connectivity index (χ0n) is 14.3. The zero-order valence-corrected chi connectivity index (χ0v) is 14.3. The van der Waals surface area contributed by atoms with Crippen LogP contribution in [0.25, 0.3) is 0 Å². The number of carbonyl (C=O) groups excluding carboxylic acids is 2. The van der Waals surface area contributed by atoms with E-state index in [0.717, 1.165) is 4.90 Å². The molecule has 0 saturated carbocycles. The number of hydrogen-bond acceptors (Lipinski definition) is 4. The Balaban J connectivity index is 1.78. The molecule has 1 atom stereocenters. The second-order valence-electron chi connectivity index (χ2n) is 6.08. The van der Waals surface area contributed by atoms with Crippen LogP contribution in [0.5, 0.6) is 0 Å². The summed E-state index contributed by atoms with van der Waals surface area (Å²) >= 11 is 0. The van der Waals surface area contributed by atoms with Gasteiger partial charge < -0.3 is 20.2 Å². The van der Waals surface area contributed by atoms with Gasteiger partial charge >= 0.3 is 6.03 Å². The van der Waals surface area contributed by atoms with E-state index in [0.29, 0.717) is 17.1 Å². The Labute approximate surface area is 155 Å². The molecule has 27 heavy (non-hydrogen) atoms. The quantitative estimate of drug-likeness (QED) is 0.664. The van der Waals surface area contributed by atoms with Crippen molar-refractivity contribution >= 4 is 23.3 Å². The van der Waals surface area contributed by atoms with Crippen molar-refractivity contribution in [1.29, 1.82) is 0 Å². The molecule has 3 amide bonds. The Kier molecular flexibility index (Phi) is 4.13. The lowest BCUT2D eigenvalue weighted by molar-refractivity contribution is -0.140. The Morgan fingerprint density at radius 3 is 2.56 bits per heavy atom. The third kappa shape index (κ3) is 2.84. The van der Waals surface area contributed by atoms with E-state index in [1.165, 1.54) is 6.26 Å². The van der Waals surface area contributed by atoms with E-state index >= 15 is 0 Å². The summed E-state index contributed by atoms with van der Waals surface area (Å²) in [4.78, 5) is 26.9. The maximum Gasteiger partial charge on any atom is 0.329 e. The molecule has 2 aromatic carbocycles. The second-order valence-corrected chi connectivity index (χ2v) is 6.08. The molecule has 0 fully saturated rings. The van der Waals surface area contributed by atoms with Crippen LogP contribution in [0.3, 0.4) is 0 Å². The molecule has 7 nitrogen and oxygen atoms in total. The average molecular weight is 363 g/mol. The topological polar surface area (TPSA) is 94.8 Å². The SMILES string of the molecule is O=C1Nc2ccccc2[C@@](O)(C(=O)NCc2ccco2)N1c1ccccc1. The van der Waals surface area contributed by atoms with Gasteiger partial charge in [-0.15, -0.1) is 0 Å². The Hall–Kier alpha value is -3.58. The smallest absolute Gasteiger partial charge is 0.329 e. The number of amides is 3. The lowest BCUT2D eigenvalue weighted by Gasteiger charge is -2.42. The largest absolute Gasteiger partial charge is 0.467 e. The van der Waals surface area contributed by atoms with Gasteiger partial charge in [0.05, 0.1) is 18.5 Å².